The average Bonchev–Trinajstić information content (AvgIpc) is 2.76. The number of rotatable bonds is 8. The molecule has 3 rings (SSSR count). The molecule has 0 aliphatic carbocycles. The molecule has 0 heterocycles. The zero-order valence-corrected chi connectivity index (χ0v) is 20.1. The molecule has 0 fully saturated rings. The number of hydrogen-bond donors (Lipinski definition) is 1. The van der Waals surface area contributed by atoms with Crippen LogP contribution >= 0.6 is 0 Å². The van der Waals surface area contributed by atoms with E-state index < -0.39 is 16.1 Å². The van der Waals surface area contributed by atoms with Crippen molar-refractivity contribution in [3.05, 3.63) is 72.3 Å². The highest BCUT2D eigenvalue weighted by Gasteiger charge is 2.30. The second-order valence-corrected chi connectivity index (χ2v) is 10.3. The second kappa shape index (κ2) is 9.71. The molecule has 0 saturated heterocycles. The van der Waals surface area contributed by atoms with E-state index in [0.717, 1.165) is 22.0 Å². The summed E-state index contributed by atoms with van der Waals surface area (Å²) >= 11 is 0. The maximum absolute atomic E-state index is 13.2. The Balaban J connectivity index is 1.77. The molecule has 170 valence electrons. The molecule has 0 bridgehead atoms. The highest BCUT2D eigenvalue weighted by Crippen LogP contribution is 2.20. The summed E-state index contributed by atoms with van der Waals surface area (Å²) in [5.41, 5.74) is 2.05. The first kappa shape index (κ1) is 23.8. The molecule has 6 nitrogen and oxygen atoms in total. The Hall–Kier alpha value is -2.90. The normalized spacial score (nSPS) is 12.7. The van der Waals surface area contributed by atoms with Crippen LogP contribution in [0.4, 0.5) is 5.69 Å². The van der Waals surface area contributed by atoms with Crippen molar-refractivity contribution in [2.45, 2.75) is 31.3 Å². The van der Waals surface area contributed by atoms with Crippen LogP contribution in [0.25, 0.3) is 10.8 Å². The number of nitrogens with zero attached hydrogens (tertiary/aromatic N) is 2. The van der Waals surface area contributed by atoms with Crippen LogP contribution in [0, 0.1) is 5.92 Å². The largest absolute Gasteiger partial charge is 0.378 e. The third kappa shape index (κ3) is 5.47. The molecular weight excluding hydrogens is 422 g/mol. The van der Waals surface area contributed by atoms with E-state index in [4.69, 9.17) is 0 Å². The summed E-state index contributed by atoms with van der Waals surface area (Å²) in [7, 11) is 1.77. The van der Waals surface area contributed by atoms with Gasteiger partial charge in [0.25, 0.3) is 0 Å². The van der Waals surface area contributed by atoms with Crippen molar-refractivity contribution >= 4 is 32.4 Å². The van der Waals surface area contributed by atoms with E-state index in [-0.39, 0.29) is 16.7 Å². The molecule has 0 aliphatic heterocycles. The van der Waals surface area contributed by atoms with Gasteiger partial charge in [-0.05, 0) is 46.5 Å². The van der Waals surface area contributed by atoms with Crippen molar-refractivity contribution in [2.75, 3.05) is 26.0 Å². The summed E-state index contributed by atoms with van der Waals surface area (Å²) in [6.07, 6.45) is 0. The molecule has 3 aromatic carbocycles. The van der Waals surface area contributed by atoms with Gasteiger partial charge in [-0.3, -0.25) is 4.79 Å². The zero-order valence-electron chi connectivity index (χ0n) is 19.2. The number of amides is 1. The molecule has 0 spiro atoms. The van der Waals surface area contributed by atoms with Crippen molar-refractivity contribution in [3.63, 3.8) is 0 Å². The number of carbonyl (C=O) groups excluding carboxylic acids is 1. The zero-order chi connectivity index (χ0) is 23.5. The van der Waals surface area contributed by atoms with Crippen LogP contribution in [0.3, 0.4) is 0 Å². The van der Waals surface area contributed by atoms with Gasteiger partial charge in [-0.15, -0.1) is 0 Å². The quantitative estimate of drug-likeness (QED) is 0.562. The number of sulfonamides is 1. The second-order valence-electron chi connectivity index (χ2n) is 8.61. The molecule has 1 unspecified atom stereocenters. The first-order valence-electron chi connectivity index (χ1n) is 10.6. The molecule has 7 heteroatoms. The number of anilines is 1. The number of nitrogens with one attached hydrogen (secondary N) is 1. The minimum Gasteiger partial charge on any atom is -0.378 e. The molecule has 1 atom stereocenters. The molecule has 32 heavy (non-hydrogen) atoms. The van der Waals surface area contributed by atoms with Gasteiger partial charge in [0.05, 0.1) is 4.90 Å². The predicted octanol–water partition coefficient (Wildman–Crippen LogP) is 3.87. The third-order valence-electron chi connectivity index (χ3n) is 5.49. The van der Waals surface area contributed by atoms with Gasteiger partial charge in [-0.1, -0.05) is 56.3 Å². The lowest BCUT2D eigenvalue weighted by molar-refractivity contribution is -0.133. The number of fused-ring (bicyclic) bond motifs is 1. The lowest BCUT2D eigenvalue weighted by Gasteiger charge is -2.27. The van der Waals surface area contributed by atoms with Gasteiger partial charge in [0, 0.05) is 33.4 Å². The van der Waals surface area contributed by atoms with E-state index in [1.54, 1.807) is 30.1 Å². The van der Waals surface area contributed by atoms with Crippen molar-refractivity contribution in [1.29, 1.82) is 0 Å². The lowest BCUT2D eigenvalue weighted by atomic mass is 10.0. The lowest BCUT2D eigenvalue weighted by Crippen LogP contribution is -2.49. The number of benzene rings is 3. The minimum atomic E-state index is -3.87. The summed E-state index contributed by atoms with van der Waals surface area (Å²) in [5.74, 6) is -0.475. The van der Waals surface area contributed by atoms with Crippen LogP contribution < -0.4 is 9.62 Å². The van der Waals surface area contributed by atoms with E-state index in [1.807, 2.05) is 81.4 Å². The van der Waals surface area contributed by atoms with Gasteiger partial charge in [0.15, 0.2) is 0 Å². The molecule has 0 radical (unpaired) electrons. The highest BCUT2D eigenvalue weighted by atomic mass is 32.2. The molecule has 1 amide bonds. The molecular formula is C25H31N3O3S. The van der Waals surface area contributed by atoms with Crippen LogP contribution in [0.1, 0.15) is 19.4 Å². The van der Waals surface area contributed by atoms with E-state index >= 15 is 0 Å². The van der Waals surface area contributed by atoms with Gasteiger partial charge in [-0.2, -0.15) is 4.72 Å². The van der Waals surface area contributed by atoms with E-state index in [1.165, 1.54) is 0 Å². The van der Waals surface area contributed by atoms with E-state index in [0.29, 0.717) is 6.54 Å². The summed E-state index contributed by atoms with van der Waals surface area (Å²) in [4.78, 5) is 16.9. The Labute approximate surface area is 190 Å². The average molecular weight is 454 g/mol. The Morgan fingerprint density at radius 2 is 1.53 bits per heavy atom. The molecule has 0 aromatic heterocycles. The Kier molecular flexibility index (Phi) is 7.21. The van der Waals surface area contributed by atoms with Gasteiger partial charge in [0.1, 0.15) is 6.04 Å². The number of likely N-dealkylation sites (N-methyl/N-ethyl adjacent to an activating group) is 1. The predicted molar refractivity (Wildman–Crippen MR) is 130 cm³/mol. The fourth-order valence-electron chi connectivity index (χ4n) is 3.53. The monoisotopic (exact) mass is 453 g/mol. The molecule has 1 N–H and O–H groups in total. The standard InChI is InChI=1S/C25H31N3O3S/c1-18(2)24(25(29)28(5)17-19-10-13-22(14-11-19)27(3)4)26-32(30,31)23-15-12-20-8-6-7-9-21(20)16-23/h6-16,18,24,26H,17H2,1-5H3. The number of hydrogen-bond acceptors (Lipinski definition) is 4. The maximum atomic E-state index is 13.2. The summed E-state index contributed by atoms with van der Waals surface area (Å²) in [6.45, 7) is 4.07. The minimum absolute atomic E-state index is 0.150. The van der Waals surface area contributed by atoms with Crippen LogP contribution in [-0.2, 0) is 21.4 Å². The third-order valence-corrected chi connectivity index (χ3v) is 6.93. The Bertz CT molecular complexity index is 1190. The number of carbonyl (C=O) groups is 1. The fourth-order valence-corrected chi connectivity index (χ4v) is 4.90. The van der Waals surface area contributed by atoms with Crippen LogP contribution in [0.15, 0.2) is 71.6 Å². The van der Waals surface area contributed by atoms with E-state index in [9.17, 15) is 13.2 Å². The van der Waals surface area contributed by atoms with Crippen LogP contribution in [-0.4, -0.2) is 46.4 Å². The molecule has 3 aromatic rings. The van der Waals surface area contributed by atoms with Crippen LogP contribution in [0.2, 0.25) is 0 Å². The first-order valence-corrected chi connectivity index (χ1v) is 12.1. The summed E-state index contributed by atoms with van der Waals surface area (Å²) in [6, 6.07) is 19.6. The molecule has 0 aliphatic rings. The van der Waals surface area contributed by atoms with Gasteiger partial charge >= 0.3 is 0 Å². The van der Waals surface area contributed by atoms with Crippen LogP contribution in [0.5, 0.6) is 0 Å². The summed E-state index contributed by atoms with van der Waals surface area (Å²) < 4.78 is 28.8. The van der Waals surface area contributed by atoms with Crippen molar-refractivity contribution in [2.24, 2.45) is 5.92 Å². The topological polar surface area (TPSA) is 69.7 Å². The van der Waals surface area contributed by atoms with E-state index in [2.05, 4.69) is 4.72 Å². The first-order chi connectivity index (χ1) is 15.1. The highest BCUT2D eigenvalue weighted by molar-refractivity contribution is 7.89. The smallest absolute Gasteiger partial charge is 0.241 e. The van der Waals surface area contributed by atoms with Crippen molar-refractivity contribution < 1.29 is 13.2 Å². The van der Waals surface area contributed by atoms with Gasteiger partial charge in [0.2, 0.25) is 15.9 Å². The SMILES string of the molecule is CC(C)C(NS(=O)(=O)c1ccc2ccccc2c1)C(=O)N(C)Cc1ccc(N(C)C)cc1. The van der Waals surface area contributed by atoms with Crippen molar-refractivity contribution in [3.8, 4) is 0 Å². The van der Waals surface area contributed by atoms with Gasteiger partial charge < -0.3 is 9.80 Å². The van der Waals surface area contributed by atoms with Gasteiger partial charge in [-0.25, -0.2) is 8.42 Å². The van der Waals surface area contributed by atoms with Crippen molar-refractivity contribution in [1.82, 2.24) is 9.62 Å². The Morgan fingerprint density at radius 1 is 0.906 bits per heavy atom. The molecule has 0 saturated carbocycles. The maximum Gasteiger partial charge on any atom is 0.241 e. The Morgan fingerprint density at radius 3 is 2.12 bits per heavy atom. The fraction of sp³-hybridized carbons (Fsp3) is 0.320. The summed E-state index contributed by atoms with van der Waals surface area (Å²) in [5, 5.41) is 1.80.